The van der Waals surface area contributed by atoms with Crippen LogP contribution in [0.25, 0.3) is 0 Å². The minimum absolute atomic E-state index is 0.171. The third kappa shape index (κ3) is 4.29. The van der Waals surface area contributed by atoms with Gasteiger partial charge in [-0.25, -0.2) is 0 Å². The summed E-state index contributed by atoms with van der Waals surface area (Å²) >= 11 is 0. The van der Waals surface area contributed by atoms with Gasteiger partial charge in [0.1, 0.15) is 5.75 Å². The second-order valence-electron chi connectivity index (χ2n) is 9.60. The summed E-state index contributed by atoms with van der Waals surface area (Å²) in [4.78, 5) is 24.5. The zero-order chi connectivity index (χ0) is 22.2. The lowest BCUT2D eigenvalue weighted by atomic mass is 9.72. The van der Waals surface area contributed by atoms with E-state index in [-0.39, 0.29) is 17.7 Å². The van der Waals surface area contributed by atoms with Crippen molar-refractivity contribution in [3.63, 3.8) is 0 Å². The Bertz CT molecular complexity index is 866. The van der Waals surface area contributed by atoms with Gasteiger partial charge in [0.15, 0.2) is 5.41 Å². The molecular weight excluding hydrogens is 368 g/mol. The number of carboxylic acid groups (broad SMARTS) is 2. The minimum atomic E-state index is -2.12. The van der Waals surface area contributed by atoms with E-state index in [1.165, 1.54) is 12.1 Å². The highest BCUT2D eigenvalue weighted by atomic mass is 16.4. The van der Waals surface area contributed by atoms with Crippen LogP contribution in [0.5, 0.6) is 5.75 Å². The number of hydrogen-bond donors (Lipinski definition) is 3. The Hall–Kier alpha value is -2.82. The molecule has 156 valence electrons. The van der Waals surface area contributed by atoms with Crippen LogP contribution in [0.2, 0.25) is 0 Å². The predicted octanol–water partition coefficient (Wildman–Crippen LogP) is 4.64. The summed E-state index contributed by atoms with van der Waals surface area (Å²) in [5.74, 6) is -2.66. The second-order valence-corrected chi connectivity index (χ2v) is 9.60. The third-order valence-corrected chi connectivity index (χ3v) is 5.25. The minimum Gasteiger partial charge on any atom is -0.507 e. The van der Waals surface area contributed by atoms with Crippen molar-refractivity contribution >= 4 is 11.9 Å². The average molecular weight is 398 g/mol. The zero-order valence-corrected chi connectivity index (χ0v) is 17.9. The molecule has 0 unspecified atom stereocenters. The Morgan fingerprint density at radius 2 is 1.21 bits per heavy atom. The molecule has 0 aliphatic rings. The van der Waals surface area contributed by atoms with Gasteiger partial charge in [-0.05, 0) is 33.1 Å². The Labute approximate surface area is 172 Å². The summed E-state index contributed by atoms with van der Waals surface area (Å²) < 4.78 is 0. The summed E-state index contributed by atoms with van der Waals surface area (Å²) in [6, 6.07) is 11.5. The van der Waals surface area contributed by atoms with Gasteiger partial charge in [0.05, 0.1) is 0 Å². The summed E-state index contributed by atoms with van der Waals surface area (Å²) in [5, 5.41) is 30.9. The molecule has 0 bridgehead atoms. The van der Waals surface area contributed by atoms with Crippen LogP contribution in [0.1, 0.15) is 63.8 Å². The Morgan fingerprint density at radius 3 is 1.55 bits per heavy atom. The first-order valence-corrected chi connectivity index (χ1v) is 9.60. The SMILES string of the molecule is CC(C)(C)c1cc(CC(C(=O)O)(C(=O)O)c2ccccc2)cc(C(C)(C)C)c1O. The highest BCUT2D eigenvalue weighted by Crippen LogP contribution is 2.41. The molecule has 0 saturated heterocycles. The van der Waals surface area contributed by atoms with Crippen LogP contribution in [0.3, 0.4) is 0 Å². The maximum Gasteiger partial charge on any atom is 0.325 e. The van der Waals surface area contributed by atoms with Crippen molar-refractivity contribution in [2.75, 3.05) is 0 Å². The van der Waals surface area contributed by atoms with E-state index in [0.29, 0.717) is 16.7 Å². The van der Waals surface area contributed by atoms with Gasteiger partial charge in [0.25, 0.3) is 0 Å². The van der Waals surface area contributed by atoms with Crippen molar-refractivity contribution in [2.45, 2.75) is 64.2 Å². The van der Waals surface area contributed by atoms with Crippen molar-refractivity contribution in [1.29, 1.82) is 0 Å². The molecule has 0 radical (unpaired) electrons. The summed E-state index contributed by atoms with van der Waals surface area (Å²) in [7, 11) is 0. The van der Waals surface area contributed by atoms with E-state index < -0.39 is 28.2 Å². The molecule has 0 amide bonds. The first-order valence-electron chi connectivity index (χ1n) is 9.60. The van der Waals surface area contributed by atoms with Crippen LogP contribution in [0, 0.1) is 0 Å². The number of aliphatic carboxylic acids is 2. The van der Waals surface area contributed by atoms with Gasteiger partial charge in [-0.3, -0.25) is 9.59 Å². The third-order valence-electron chi connectivity index (χ3n) is 5.25. The van der Waals surface area contributed by atoms with Gasteiger partial charge in [-0.2, -0.15) is 0 Å². The number of phenols is 1. The van der Waals surface area contributed by atoms with Crippen molar-refractivity contribution in [1.82, 2.24) is 0 Å². The van der Waals surface area contributed by atoms with Gasteiger partial charge >= 0.3 is 11.9 Å². The van der Waals surface area contributed by atoms with Crippen molar-refractivity contribution in [3.8, 4) is 5.75 Å². The maximum atomic E-state index is 12.3. The molecule has 3 N–H and O–H groups in total. The normalized spacial score (nSPS) is 12.6. The van der Waals surface area contributed by atoms with Crippen LogP contribution in [0.4, 0.5) is 0 Å². The molecular formula is C24H30O5. The van der Waals surface area contributed by atoms with Gasteiger partial charge in [0.2, 0.25) is 0 Å². The van der Waals surface area contributed by atoms with Crippen molar-refractivity contribution < 1.29 is 24.9 Å². The fourth-order valence-electron chi connectivity index (χ4n) is 3.56. The van der Waals surface area contributed by atoms with E-state index >= 15 is 0 Å². The number of rotatable bonds is 5. The maximum absolute atomic E-state index is 12.3. The van der Waals surface area contributed by atoms with Crippen LogP contribution < -0.4 is 0 Å². The van der Waals surface area contributed by atoms with E-state index in [4.69, 9.17) is 0 Å². The quantitative estimate of drug-likeness (QED) is 0.638. The standard InChI is InChI=1S/C24H30O5/c1-22(2,3)17-12-15(13-18(19(17)25)23(4,5)6)14-24(20(26)27,21(28)29)16-10-8-7-9-11-16/h7-13,25H,14H2,1-6H3,(H,26,27)(H,28,29). The summed E-state index contributed by atoms with van der Waals surface area (Å²) in [5.41, 5.74) is -0.823. The molecule has 0 atom stereocenters. The Kier molecular flexibility index (Phi) is 5.84. The number of carbonyl (C=O) groups is 2. The average Bonchev–Trinajstić information content (AvgIpc) is 2.58. The predicted molar refractivity (Wildman–Crippen MR) is 113 cm³/mol. The monoisotopic (exact) mass is 398 g/mol. The summed E-state index contributed by atoms with van der Waals surface area (Å²) in [6.45, 7) is 11.7. The van der Waals surface area contributed by atoms with E-state index in [1.807, 2.05) is 41.5 Å². The summed E-state index contributed by atoms with van der Waals surface area (Å²) in [6.07, 6.45) is -0.228. The fraction of sp³-hybridized carbons (Fsp3) is 0.417. The Balaban J connectivity index is 2.78. The van der Waals surface area contributed by atoms with E-state index in [0.717, 1.165) is 0 Å². The molecule has 0 fully saturated rings. The largest absolute Gasteiger partial charge is 0.507 e. The topological polar surface area (TPSA) is 94.8 Å². The fourth-order valence-corrected chi connectivity index (χ4v) is 3.56. The molecule has 0 aromatic heterocycles. The number of phenolic OH excluding ortho intramolecular Hbond substituents is 1. The molecule has 0 saturated carbocycles. The lowest BCUT2D eigenvalue weighted by Crippen LogP contribution is -2.45. The van der Waals surface area contributed by atoms with Gasteiger partial charge in [-0.15, -0.1) is 0 Å². The number of benzene rings is 2. The van der Waals surface area contributed by atoms with E-state index in [9.17, 15) is 24.9 Å². The molecule has 5 heteroatoms. The molecule has 0 heterocycles. The lowest BCUT2D eigenvalue weighted by Gasteiger charge is -2.30. The Morgan fingerprint density at radius 1 is 0.793 bits per heavy atom. The molecule has 0 spiro atoms. The number of aromatic hydroxyl groups is 1. The first kappa shape index (κ1) is 22.5. The smallest absolute Gasteiger partial charge is 0.325 e. The molecule has 29 heavy (non-hydrogen) atoms. The molecule has 5 nitrogen and oxygen atoms in total. The van der Waals surface area contributed by atoms with Crippen molar-refractivity contribution in [2.24, 2.45) is 0 Å². The zero-order valence-electron chi connectivity index (χ0n) is 17.9. The number of carboxylic acids is 2. The molecule has 2 aromatic rings. The van der Waals surface area contributed by atoms with Gasteiger partial charge in [0, 0.05) is 6.42 Å². The molecule has 2 aromatic carbocycles. The number of hydrogen-bond acceptors (Lipinski definition) is 3. The highest BCUT2D eigenvalue weighted by Gasteiger charge is 2.48. The molecule has 0 aliphatic heterocycles. The van der Waals surface area contributed by atoms with E-state index in [1.54, 1.807) is 30.3 Å². The first-order chi connectivity index (χ1) is 13.2. The van der Waals surface area contributed by atoms with Crippen LogP contribution in [0.15, 0.2) is 42.5 Å². The van der Waals surface area contributed by atoms with Crippen LogP contribution >= 0.6 is 0 Å². The second kappa shape index (κ2) is 7.54. The van der Waals surface area contributed by atoms with E-state index in [2.05, 4.69) is 0 Å². The highest BCUT2D eigenvalue weighted by molar-refractivity contribution is 6.05. The molecule has 2 rings (SSSR count). The van der Waals surface area contributed by atoms with Crippen LogP contribution in [-0.2, 0) is 32.3 Å². The van der Waals surface area contributed by atoms with Crippen molar-refractivity contribution in [3.05, 3.63) is 64.7 Å². The van der Waals surface area contributed by atoms with Gasteiger partial charge < -0.3 is 15.3 Å². The lowest BCUT2D eigenvalue weighted by molar-refractivity contribution is -0.157. The van der Waals surface area contributed by atoms with Gasteiger partial charge in [-0.1, -0.05) is 84.0 Å². The molecule has 0 aliphatic carbocycles. The van der Waals surface area contributed by atoms with Crippen LogP contribution in [-0.4, -0.2) is 27.3 Å².